The lowest BCUT2D eigenvalue weighted by molar-refractivity contribution is 0.198. The summed E-state index contributed by atoms with van der Waals surface area (Å²) in [5, 5.41) is 21.9. The molecular formula is C17H22O4Si. The van der Waals surface area contributed by atoms with Crippen LogP contribution in [0.3, 0.4) is 0 Å². The van der Waals surface area contributed by atoms with Gasteiger partial charge < -0.3 is 19.1 Å². The summed E-state index contributed by atoms with van der Waals surface area (Å²) in [4.78, 5) is 0. The largest absolute Gasteiger partial charge is 0.508 e. The number of aromatic hydroxyl groups is 2. The SMILES string of the molecule is CCCO[Si](OCC)(c1ccccc1O)c1ccccc1O. The molecule has 0 atom stereocenters. The van der Waals surface area contributed by atoms with Crippen molar-refractivity contribution in [1.82, 2.24) is 0 Å². The minimum atomic E-state index is -3.16. The molecule has 0 saturated carbocycles. The first-order valence-electron chi connectivity index (χ1n) is 7.50. The van der Waals surface area contributed by atoms with Crippen molar-refractivity contribution in [1.29, 1.82) is 0 Å². The number of rotatable bonds is 7. The van der Waals surface area contributed by atoms with E-state index in [1.54, 1.807) is 36.4 Å². The van der Waals surface area contributed by atoms with E-state index in [4.69, 9.17) is 8.85 Å². The molecule has 2 aromatic rings. The summed E-state index contributed by atoms with van der Waals surface area (Å²) in [6.45, 7) is 4.82. The fourth-order valence-electron chi connectivity index (χ4n) is 2.45. The average molecular weight is 318 g/mol. The first kappa shape index (κ1) is 16.5. The zero-order chi connectivity index (χ0) is 16.0. The summed E-state index contributed by atoms with van der Waals surface area (Å²) >= 11 is 0. The number of hydrogen-bond acceptors (Lipinski definition) is 4. The molecule has 0 fully saturated rings. The van der Waals surface area contributed by atoms with Crippen LogP contribution in [0.1, 0.15) is 20.3 Å². The van der Waals surface area contributed by atoms with E-state index in [0.717, 1.165) is 6.42 Å². The van der Waals surface area contributed by atoms with E-state index in [1.807, 2.05) is 26.0 Å². The Kier molecular flexibility index (Phi) is 5.60. The van der Waals surface area contributed by atoms with Gasteiger partial charge >= 0.3 is 8.56 Å². The molecule has 0 bridgehead atoms. The molecular weight excluding hydrogens is 296 g/mol. The summed E-state index contributed by atoms with van der Waals surface area (Å²) in [5.41, 5.74) is 0. The Bertz CT molecular complexity index is 570. The molecule has 0 amide bonds. The monoisotopic (exact) mass is 318 g/mol. The number of phenols is 2. The molecule has 0 aromatic heterocycles. The van der Waals surface area contributed by atoms with E-state index < -0.39 is 8.56 Å². The van der Waals surface area contributed by atoms with Crippen LogP contribution in [0.15, 0.2) is 48.5 Å². The van der Waals surface area contributed by atoms with Crippen molar-refractivity contribution < 1.29 is 19.1 Å². The first-order valence-corrected chi connectivity index (χ1v) is 9.32. The van der Waals surface area contributed by atoms with E-state index in [0.29, 0.717) is 23.6 Å². The predicted octanol–water partition coefficient (Wildman–Crippen LogP) is 2.12. The lowest BCUT2D eigenvalue weighted by Crippen LogP contribution is -2.63. The summed E-state index contributed by atoms with van der Waals surface area (Å²) in [6, 6.07) is 14.0. The van der Waals surface area contributed by atoms with E-state index in [9.17, 15) is 10.2 Å². The topological polar surface area (TPSA) is 58.9 Å². The maximum absolute atomic E-state index is 10.3. The fraction of sp³-hybridized carbons (Fsp3) is 0.294. The molecule has 2 N–H and O–H groups in total. The molecule has 2 rings (SSSR count). The molecule has 5 heteroatoms. The van der Waals surface area contributed by atoms with Gasteiger partial charge in [-0.1, -0.05) is 43.3 Å². The van der Waals surface area contributed by atoms with Gasteiger partial charge in [0.1, 0.15) is 11.5 Å². The number of para-hydroxylation sites is 2. The van der Waals surface area contributed by atoms with Crippen LogP contribution in [-0.2, 0) is 8.85 Å². The van der Waals surface area contributed by atoms with Crippen molar-refractivity contribution in [3.63, 3.8) is 0 Å². The van der Waals surface area contributed by atoms with Crippen LogP contribution in [0.5, 0.6) is 11.5 Å². The second-order valence-corrected chi connectivity index (χ2v) is 7.82. The van der Waals surface area contributed by atoms with Gasteiger partial charge in [0, 0.05) is 23.6 Å². The van der Waals surface area contributed by atoms with Gasteiger partial charge in [-0.15, -0.1) is 0 Å². The van der Waals surface area contributed by atoms with Crippen LogP contribution in [0.2, 0.25) is 0 Å². The molecule has 4 nitrogen and oxygen atoms in total. The predicted molar refractivity (Wildman–Crippen MR) is 89.1 cm³/mol. The minimum absolute atomic E-state index is 0.127. The second-order valence-electron chi connectivity index (χ2n) is 4.93. The molecule has 0 aliphatic rings. The molecule has 0 aliphatic heterocycles. The van der Waals surface area contributed by atoms with Gasteiger partial charge in [0.25, 0.3) is 0 Å². The lowest BCUT2D eigenvalue weighted by Gasteiger charge is -2.31. The Morgan fingerprint density at radius 3 is 1.73 bits per heavy atom. The maximum Gasteiger partial charge on any atom is 0.414 e. The van der Waals surface area contributed by atoms with Gasteiger partial charge in [-0.25, -0.2) is 0 Å². The second kappa shape index (κ2) is 7.44. The van der Waals surface area contributed by atoms with Crippen molar-refractivity contribution in [3.05, 3.63) is 48.5 Å². The number of benzene rings is 2. The van der Waals surface area contributed by atoms with Crippen molar-refractivity contribution in [2.24, 2.45) is 0 Å². The van der Waals surface area contributed by atoms with Crippen LogP contribution in [0, 0.1) is 0 Å². The fourth-order valence-corrected chi connectivity index (χ4v) is 5.82. The average Bonchev–Trinajstić information content (AvgIpc) is 2.53. The highest BCUT2D eigenvalue weighted by molar-refractivity contribution is 6.93. The third-order valence-corrected chi connectivity index (χ3v) is 6.94. The normalized spacial score (nSPS) is 11.5. The van der Waals surface area contributed by atoms with E-state index >= 15 is 0 Å². The van der Waals surface area contributed by atoms with Gasteiger partial charge in [0.05, 0.1) is 0 Å². The molecule has 0 heterocycles. The maximum atomic E-state index is 10.3. The quantitative estimate of drug-likeness (QED) is 0.768. The highest BCUT2D eigenvalue weighted by Crippen LogP contribution is 2.20. The molecule has 118 valence electrons. The van der Waals surface area contributed by atoms with Gasteiger partial charge in [-0.05, 0) is 25.5 Å². The molecule has 0 aliphatic carbocycles. The Hall–Kier alpha value is -1.82. The summed E-state index contributed by atoms with van der Waals surface area (Å²) in [5.74, 6) is 0.254. The van der Waals surface area contributed by atoms with E-state index in [2.05, 4.69) is 0 Å². The van der Waals surface area contributed by atoms with E-state index in [1.165, 1.54) is 0 Å². The van der Waals surface area contributed by atoms with Crippen LogP contribution < -0.4 is 10.4 Å². The number of hydrogen-bond donors (Lipinski definition) is 2. The molecule has 0 unspecified atom stereocenters. The Morgan fingerprint density at radius 1 is 0.818 bits per heavy atom. The third kappa shape index (κ3) is 3.16. The van der Waals surface area contributed by atoms with Crippen LogP contribution >= 0.6 is 0 Å². The highest BCUT2D eigenvalue weighted by atomic mass is 28.4. The molecule has 0 spiro atoms. The number of phenolic OH excluding ortho intramolecular Hbond substituents is 2. The van der Waals surface area contributed by atoms with E-state index in [-0.39, 0.29) is 11.5 Å². The molecule has 0 radical (unpaired) electrons. The zero-order valence-electron chi connectivity index (χ0n) is 13.0. The summed E-state index contributed by atoms with van der Waals surface area (Å²) in [6.07, 6.45) is 0.822. The lowest BCUT2D eigenvalue weighted by atomic mass is 10.3. The van der Waals surface area contributed by atoms with Crippen molar-refractivity contribution in [2.45, 2.75) is 20.3 Å². The zero-order valence-corrected chi connectivity index (χ0v) is 14.0. The molecule has 0 saturated heterocycles. The van der Waals surface area contributed by atoms with Crippen LogP contribution in [-0.4, -0.2) is 32.0 Å². The smallest absolute Gasteiger partial charge is 0.414 e. The van der Waals surface area contributed by atoms with Crippen molar-refractivity contribution in [3.8, 4) is 11.5 Å². The standard InChI is InChI=1S/C17H22O4Si/c1-3-13-21-22(20-4-2,16-11-7-5-9-14(16)18)17-12-8-6-10-15(17)19/h5-12,18-19H,3-4,13H2,1-2H3. The molecule has 2 aromatic carbocycles. The Morgan fingerprint density at radius 2 is 1.32 bits per heavy atom. The van der Waals surface area contributed by atoms with Crippen molar-refractivity contribution >= 4 is 18.9 Å². The van der Waals surface area contributed by atoms with Gasteiger partial charge in [-0.2, -0.15) is 0 Å². The van der Waals surface area contributed by atoms with Crippen LogP contribution in [0.4, 0.5) is 0 Å². The summed E-state index contributed by atoms with van der Waals surface area (Å²) in [7, 11) is -3.16. The highest BCUT2D eigenvalue weighted by Gasteiger charge is 2.46. The van der Waals surface area contributed by atoms with Gasteiger partial charge in [0.15, 0.2) is 0 Å². The van der Waals surface area contributed by atoms with Gasteiger partial charge in [0.2, 0.25) is 0 Å². The van der Waals surface area contributed by atoms with Crippen molar-refractivity contribution in [2.75, 3.05) is 13.2 Å². The van der Waals surface area contributed by atoms with Crippen LogP contribution in [0.25, 0.3) is 0 Å². The Balaban J connectivity index is 2.66. The first-order chi connectivity index (χ1) is 10.7. The molecule has 22 heavy (non-hydrogen) atoms. The summed E-state index contributed by atoms with van der Waals surface area (Å²) < 4.78 is 12.2. The minimum Gasteiger partial charge on any atom is -0.508 e. The van der Waals surface area contributed by atoms with Gasteiger partial charge in [-0.3, -0.25) is 0 Å². The third-order valence-electron chi connectivity index (χ3n) is 3.37. The Labute approximate surface area is 132 Å².